The quantitative estimate of drug-likeness (QED) is 0.800. The Morgan fingerprint density at radius 1 is 1.46 bits per heavy atom. The summed E-state index contributed by atoms with van der Waals surface area (Å²) in [6.07, 6.45) is 1.28. The zero-order valence-corrected chi connectivity index (χ0v) is 9.64. The van der Waals surface area contributed by atoms with Gasteiger partial charge in [0.15, 0.2) is 0 Å². The minimum Gasteiger partial charge on any atom is -0.309 e. The van der Waals surface area contributed by atoms with Crippen molar-refractivity contribution < 1.29 is 0 Å². The summed E-state index contributed by atoms with van der Waals surface area (Å²) in [5, 5.41) is 3.54. The molecule has 2 rings (SSSR count). The molecule has 72 valence electrons. The Labute approximate surface area is 91.9 Å². The zero-order valence-electron chi connectivity index (χ0n) is 7.25. The second kappa shape index (κ2) is 4.69. The molecule has 1 nitrogen and oxygen atoms in total. The van der Waals surface area contributed by atoms with Crippen LogP contribution in [0.1, 0.15) is 17.3 Å². The summed E-state index contributed by atoms with van der Waals surface area (Å²) in [6.45, 7) is 1.13. The summed E-state index contributed by atoms with van der Waals surface area (Å²) in [6, 6.07) is 4.64. The van der Waals surface area contributed by atoms with E-state index < -0.39 is 0 Å². The van der Waals surface area contributed by atoms with E-state index in [9.17, 15) is 0 Å². The van der Waals surface area contributed by atoms with Gasteiger partial charge in [0.05, 0.1) is 10.4 Å². The smallest absolute Gasteiger partial charge is 0.0931 e. The first-order valence-corrected chi connectivity index (χ1v) is 6.77. The van der Waals surface area contributed by atoms with Crippen LogP contribution in [0.4, 0.5) is 0 Å². The molecule has 0 aliphatic carbocycles. The van der Waals surface area contributed by atoms with Crippen molar-refractivity contribution in [2.45, 2.75) is 12.5 Å². The van der Waals surface area contributed by atoms with Crippen molar-refractivity contribution in [3.63, 3.8) is 0 Å². The molecular weight excluding hydrogens is 222 g/mol. The van der Waals surface area contributed by atoms with Crippen molar-refractivity contribution in [1.82, 2.24) is 5.32 Å². The Hall–Kier alpha value is 0.300. The molecule has 0 radical (unpaired) electrons. The fourth-order valence-corrected chi connectivity index (χ4v) is 3.70. The SMILES string of the molecule is Clc1ccc(C2CSCCCN2)s1. The van der Waals surface area contributed by atoms with Gasteiger partial charge in [0.25, 0.3) is 0 Å². The number of nitrogens with one attached hydrogen (secondary N) is 1. The number of thioether (sulfide) groups is 1. The lowest BCUT2D eigenvalue weighted by atomic mass is 10.2. The third-order valence-corrected chi connectivity index (χ3v) is 4.57. The Balaban J connectivity index is 2.06. The monoisotopic (exact) mass is 233 g/mol. The maximum Gasteiger partial charge on any atom is 0.0931 e. The van der Waals surface area contributed by atoms with Crippen LogP contribution in [0.25, 0.3) is 0 Å². The molecule has 0 amide bonds. The van der Waals surface area contributed by atoms with Crippen LogP contribution in [-0.4, -0.2) is 18.1 Å². The summed E-state index contributed by atoms with van der Waals surface area (Å²) >= 11 is 9.63. The minimum atomic E-state index is 0.519. The van der Waals surface area contributed by atoms with Gasteiger partial charge in [-0.15, -0.1) is 11.3 Å². The molecule has 1 aromatic heterocycles. The topological polar surface area (TPSA) is 12.0 Å². The average molecular weight is 234 g/mol. The second-order valence-electron chi connectivity index (χ2n) is 3.08. The highest BCUT2D eigenvalue weighted by molar-refractivity contribution is 7.99. The highest BCUT2D eigenvalue weighted by Crippen LogP contribution is 2.29. The van der Waals surface area contributed by atoms with Gasteiger partial charge in [-0.05, 0) is 30.9 Å². The Kier molecular flexibility index (Phi) is 3.55. The number of hydrogen-bond donors (Lipinski definition) is 1. The first-order chi connectivity index (χ1) is 6.36. The summed E-state index contributed by atoms with van der Waals surface area (Å²) in [4.78, 5) is 1.37. The first kappa shape index (κ1) is 9.84. The van der Waals surface area contributed by atoms with Crippen LogP contribution in [0, 0.1) is 0 Å². The molecule has 1 aromatic rings. The fourth-order valence-electron chi connectivity index (χ4n) is 1.41. The van der Waals surface area contributed by atoms with Gasteiger partial charge in [-0.3, -0.25) is 0 Å². The van der Waals surface area contributed by atoms with Crippen LogP contribution >= 0.6 is 34.7 Å². The highest BCUT2D eigenvalue weighted by atomic mass is 35.5. The first-order valence-electron chi connectivity index (χ1n) is 4.42. The van der Waals surface area contributed by atoms with Gasteiger partial charge >= 0.3 is 0 Å². The lowest BCUT2D eigenvalue weighted by Crippen LogP contribution is -2.21. The summed E-state index contributed by atoms with van der Waals surface area (Å²) in [5.74, 6) is 2.46. The zero-order chi connectivity index (χ0) is 9.10. The van der Waals surface area contributed by atoms with Gasteiger partial charge in [0.1, 0.15) is 0 Å². The second-order valence-corrected chi connectivity index (χ2v) is 5.97. The van der Waals surface area contributed by atoms with Gasteiger partial charge in [-0.2, -0.15) is 11.8 Å². The van der Waals surface area contributed by atoms with Gasteiger partial charge in [-0.1, -0.05) is 11.6 Å². The van der Waals surface area contributed by atoms with Crippen LogP contribution < -0.4 is 5.32 Å². The third-order valence-electron chi connectivity index (χ3n) is 2.08. The summed E-state index contributed by atoms with van der Waals surface area (Å²) in [7, 11) is 0. The standard InChI is InChI=1S/C9H12ClNS2/c10-9-3-2-8(13-9)7-6-12-5-1-4-11-7/h2-3,7,11H,1,4-6H2. The number of hydrogen-bond acceptors (Lipinski definition) is 3. The van der Waals surface area contributed by atoms with Crippen LogP contribution in [0.5, 0.6) is 0 Å². The Bertz CT molecular complexity index is 266. The van der Waals surface area contributed by atoms with E-state index in [1.54, 1.807) is 11.3 Å². The molecule has 1 saturated heterocycles. The van der Waals surface area contributed by atoms with Crippen molar-refractivity contribution in [3.05, 3.63) is 21.3 Å². The highest BCUT2D eigenvalue weighted by Gasteiger charge is 2.15. The third kappa shape index (κ3) is 2.62. The van der Waals surface area contributed by atoms with Gasteiger partial charge in [-0.25, -0.2) is 0 Å². The van der Waals surface area contributed by atoms with E-state index in [1.165, 1.54) is 22.8 Å². The molecule has 1 atom stereocenters. The molecule has 1 aliphatic rings. The van der Waals surface area contributed by atoms with Crippen molar-refractivity contribution in [2.75, 3.05) is 18.1 Å². The van der Waals surface area contributed by atoms with E-state index in [0.717, 1.165) is 10.9 Å². The van der Waals surface area contributed by atoms with Crippen molar-refractivity contribution in [3.8, 4) is 0 Å². The average Bonchev–Trinajstić information content (AvgIpc) is 2.43. The number of rotatable bonds is 1. The predicted molar refractivity (Wildman–Crippen MR) is 62.0 cm³/mol. The largest absolute Gasteiger partial charge is 0.309 e. The maximum absolute atomic E-state index is 5.90. The van der Waals surface area contributed by atoms with Gasteiger partial charge in [0.2, 0.25) is 0 Å². The van der Waals surface area contributed by atoms with E-state index >= 15 is 0 Å². The molecule has 0 bridgehead atoms. The normalized spacial score (nSPS) is 24.2. The van der Waals surface area contributed by atoms with E-state index in [2.05, 4.69) is 11.4 Å². The summed E-state index contributed by atoms with van der Waals surface area (Å²) < 4.78 is 0.894. The lowest BCUT2D eigenvalue weighted by Gasteiger charge is -2.12. The molecule has 1 fully saturated rings. The predicted octanol–water partition coefficient (Wildman–Crippen LogP) is 3.17. The van der Waals surface area contributed by atoms with Crippen molar-refractivity contribution in [1.29, 1.82) is 0 Å². The maximum atomic E-state index is 5.90. The molecule has 2 heterocycles. The summed E-state index contributed by atoms with van der Waals surface area (Å²) in [5.41, 5.74) is 0. The minimum absolute atomic E-state index is 0.519. The van der Waals surface area contributed by atoms with E-state index in [-0.39, 0.29) is 0 Å². The Morgan fingerprint density at radius 2 is 2.38 bits per heavy atom. The molecule has 0 spiro atoms. The fraction of sp³-hybridized carbons (Fsp3) is 0.556. The van der Waals surface area contributed by atoms with Gasteiger partial charge in [0, 0.05) is 10.6 Å². The number of halogens is 1. The molecule has 1 N–H and O–H groups in total. The van der Waals surface area contributed by atoms with Crippen LogP contribution in [-0.2, 0) is 0 Å². The van der Waals surface area contributed by atoms with Crippen LogP contribution in [0.3, 0.4) is 0 Å². The number of thiophene rings is 1. The van der Waals surface area contributed by atoms with Crippen LogP contribution in [0.2, 0.25) is 4.34 Å². The van der Waals surface area contributed by atoms with Crippen molar-refractivity contribution in [2.24, 2.45) is 0 Å². The lowest BCUT2D eigenvalue weighted by molar-refractivity contribution is 0.597. The molecule has 1 aliphatic heterocycles. The van der Waals surface area contributed by atoms with Crippen molar-refractivity contribution >= 4 is 34.7 Å². The van der Waals surface area contributed by atoms with E-state index in [0.29, 0.717) is 6.04 Å². The van der Waals surface area contributed by atoms with Crippen LogP contribution in [0.15, 0.2) is 12.1 Å². The van der Waals surface area contributed by atoms with E-state index in [4.69, 9.17) is 11.6 Å². The van der Waals surface area contributed by atoms with Gasteiger partial charge < -0.3 is 5.32 Å². The molecule has 0 aromatic carbocycles. The molecule has 0 saturated carbocycles. The molecular formula is C9H12ClNS2. The van der Waals surface area contributed by atoms with E-state index in [1.807, 2.05) is 17.8 Å². The Morgan fingerprint density at radius 3 is 3.15 bits per heavy atom. The molecule has 1 unspecified atom stereocenters. The molecule has 13 heavy (non-hydrogen) atoms. The molecule has 4 heteroatoms.